The molecule has 0 fully saturated rings. The SMILES string of the molecule is CCCNC(=O)[C@@H](CC)N(Cc1ccc(C)cc1)C(=O)CN(c1ccc(CC)cc1)S(=O)(=O)c1ccccc1. The van der Waals surface area contributed by atoms with Gasteiger partial charge in [0, 0.05) is 13.1 Å². The lowest BCUT2D eigenvalue weighted by Gasteiger charge is -2.33. The Morgan fingerprint density at radius 3 is 2.03 bits per heavy atom. The number of carbonyl (C=O) groups is 2. The van der Waals surface area contributed by atoms with E-state index in [0.717, 1.165) is 33.8 Å². The molecule has 0 saturated heterocycles. The maximum Gasteiger partial charge on any atom is 0.264 e. The molecule has 39 heavy (non-hydrogen) atoms. The standard InChI is InChI=1S/C31H39N3O4S/c1-5-21-32-31(36)29(7-3)33(22-26-15-13-24(4)14-16-26)30(35)23-34(27-19-17-25(6-2)18-20-27)39(37,38)28-11-9-8-10-12-28/h8-20,29H,5-7,21-23H2,1-4H3,(H,32,36)/t29-/m1/s1. The minimum absolute atomic E-state index is 0.0928. The molecule has 0 bridgehead atoms. The van der Waals surface area contributed by atoms with Crippen molar-refractivity contribution in [2.75, 3.05) is 17.4 Å². The molecular formula is C31H39N3O4S. The van der Waals surface area contributed by atoms with E-state index in [4.69, 9.17) is 0 Å². The maximum absolute atomic E-state index is 14.0. The number of rotatable bonds is 13. The van der Waals surface area contributed by atoms with E-state index >= 15 is 0 Å². The third-order valence-electron chi connectivity index (χ3n) is 6.65. The monoisotopic (exact) mass is 549 g/mol. The van der Waals surface area contributed by atoms with E-state index < -0.39 is 28.5 Å². The molecule has 0 spiro atoms. The molecule has 0 aliphatic heterocycles. The summed E-state index contributed by atoms with van der Waals surface area (Å²) in [6.07, 6.45) is 1.97. The van der Waals surface area contributed by atoms with Crippen LogP contribution in [0.2, 0.25) is 0 Å². The van der Waals surface area contributed by atoms with E-state index in [1.54, 1.807) is 30.3 Å². The summed E-state index contributed by atoms with van der Waals surface area (Å²) in [4.78, 5) is 28.7. The maximum atomic E-state index is 14.0. The Bertz CT molecular complexity index is 1320. The van der Waals surface area contributed by atoms with Crippen molar-refractivity contribution in [1.82, 2.24) is 10.2 Å². The second-order valence-electron chi connectivity index (χ2n) is 9.57. The number of benzene rings is 3. The molecule has 1 atom stereocenters. The van der Waals surface area contributed by atoms with Gasteiger partial charge in [-0.25, -0.2) is 8.42 Å². The van der Waals surface area contributed by atoms with E-state index in [9.17, 15) is 18.0 Å². The van der Waals surface area contributed by atoms with Crippen molar-refractivity contribution in [3.8, 4) is 0 Å². The van der Waals surface area contributed by atoms with Crippen molar-refractivity contribution in [3.05, 3.63) is 95.6 Å². The topological polar surface area (TPSA) is 86.8 Å². The molecule has 1 N–H and O–H groups in total. The fourth-order valence-corrected chi connectivity index (χ4v) is 5.76. The Hall–Kier alpha value is -3.65. The lowest BCUT2D eigenvalue weighted by Crippen LogP contribution is -2.52. The van der Waals surface area contributed by atoms with Crippen LogP contribution in [0.4, 0.5) is 5.69 Å². The number of aryl methyl sites for hydroxylation is 2. The summed E-state index contributed by atoms with van der Waals surface area (Å²) < 4.78 is 28.8. The van der Waals surface area contributed by atoms with Crippen molar-refractivity contribution >= 4 is 27.5 Å². The first-order valence-electron chi connectivity index (χ1n) is 13.5. The number of carbonyl (C=O) groups excluding carboxylic acids is 2. The Morgan fingerprint density at radius 2 is 1.46 bits per heavy atom. The number of sulfonamides is 1. The summed E-state index contributed by atoms with van der Waals surface area (Å²) in [5.74, 6) is -0.697. The number of nitrogens with one attached hydrogen (secondary N) is 1. The molecule has 0 radical (unpaired) electrons. The third-order valence-corrected chi connectivity index (χ3v) is 8.44. The van der Waals surface area contributed by atoms with Gasteiger partial charge in [-0.05, 0) is 61.6 Å². The lowest BCUT2D eigenvalue weighted by atomic mass is 10.1. The van der Waals surface area contributed by atoms with Gasteiger partial charge in [-0.3, -0.25) is 13.9 Å². The minimum atomic E-state index is -4.06. The molecule has 7 nitrogen and oxygen atoms in total. The van der Waals surface area contributed by atoms with Crippen molar-refractivity contribution in [1.29, 1.82) is 0 Å². The van der Waals surface area contributed by atoms with Gasteiger partial charge in [0.1, 0.15) is 12.6 Å². The number of amides is 2. The third kappa shape index (κ3) is 7.69. The van der Waals surface area contributed by atoms with Crippen molar-refractivity contribution in [3.63, 3.8) is 0 Å². The van der Waals surface area contributed by atoms with Gasteiger partial charge in [-0.1, -0.05) is 80.9 Å². The van der Waals surface area contributed by atoms with Gasteiger partial charge in [0.15, 0.2) is 0 Å². The zero-order valence-electron chi connectivity index (χ0n) is 23.3. The molecule has 0 unspecified atom stereocenters. The van der Waals surface area contributed by atoms with Crippen LogP contribution in [-0.2, 0) is 32.6 Å². The van der Waals surface area contributed by atoms with Gasteiger partial charge >= 0.3 is 0 Å². The molecule has 2 amide bonds. The summed E-state index contributed by atoms with van der Waals surface area (Å²) in [5.41, 5.74) is 3.39. The summed E-state index contributed by atoms with van der Waals surface area (Å²) in [6.45, 7) is 8.07. The summed E-state index contributed by atoms with van der Waals surface area (Å²) >= 11 is 0. The van der Waals surface area contributed by atoms with Crippen LogP contribution in [0.3, 0.4) is 0 Å². The van der Waals surface area contributed by atoms with Crippen molar-refractivity contribution in [2.45, 2.75) is 64.4 Å². The molecule has 0 heterocycles. The molecule has 8 heteroatoms. The smallest absolute Gasteiger partial charge is 0.264 e. The molecular weight excluding hydrogens is 510 g/mol. The highest BCUT2D eigenvalue weighted by Crippen LogP contribution is 2.25. The summed E-state index contributed by atoms with van der Waals surface area (Å²) in [6, 6.07) is 22.3. The number of hydrogen-bond donors (Lipinski definition) is 1. The van der Waals surface area contributed by atoms with Crippen LogP contribution < -0.4 is 9.62 Å². The average molecular weight is 550 g/mol. The Kier molecular flexibility index (Phi) is 10.7. The quantitative estimate of drug-likeness (QED) is 0.322. The molecule has 0 aliphatic rings. The molecule has 0 saturated carbocycles. The fraction of sp³-hybridized carbons (Fsp3) is 0.355. The first-order valence-corrected chi connectivity index (χ1v) is 14.9. The Balaban J connectivity index is 2.03. The molecule has 0 aliphatic carbocycles. The van der Waals surface area contributed by atoms with Gasteiger partial charge < -0.3 is 10.2 Å². The van der Waals surface area contributed by atoms with Gasteiger partial charge in [-0.2, -0.15) is 0 Å². The number of anilines is 1. The highest BCUT2D eigenvalue weighted by atomic mass is 32.2. The van der Waals surface area contributed by atoms with Crippen molar-refractivity contribution < 1.29 is 18.0 Å². The second kappa shape index (κ2) is 13.9. The Morgan fingerprint density at radius 1 is 0.846 bits per heavy atom. The van der Waals surface area contributed by atoms with Crippen molar-refractivity contribution in [2.24, 2.45) is 0 Å². The first kappa shape index (κ1) is 29.9. The van der Waals surface area contributed by atoms with Crippen LogP contribution in [0, 0.1) is 6.92 Å². The fourth-order valence-electron chi connectivity index (χ4n) is 4.32. The second-order valence-corrected chi connectivity index (χ2v) is 11.4. The number of hydrogen-bond acceptors (Lipinski definition) is 4. The summed E-state index contributed by atoms with van der Waals surface area (Å²) in [7, 11) is -4.06. The van der Waals surface area contributed by atoms with Crippen LogP contribution in [0.5, 0.6) is 0 Å². The zero-order chi connectivity index (χ0) is 28.4. The number of nitrogens with zero attached hydrogens (tertiary/aromatic N) is 2. The highest BCUT2D eigenvalue weighted by molar-refractivity contribution is 7.92. The lowest BCUT2D eigenvalue weighted by molar-refractivity contribution is -0.140. The van der Waals surface area contributed by atoms with Crippen LogP contribution in [-0.4, -0.2) is 44.3 Å². The van der Waals surface area contributed by atoms with Crippen LogP contribution in [0.1, 0.15) is 50.3 Å². The van der Waals surface area contributed by atoms with Gasteiger partial charge in [0.25, 0.3) is 10.0 Å². The van der Waals surface area contributed by atoms with Crippen LogP contribution >= 0.6 is 0 Å². The minimum Gasteiger partial charge on any atom is -0.354 e. The van der Waals surface area contributed by atoms with Crippen LogP contribution in [0.25, 0.3) is 0 Å². The predicted molar refractivity (Wildman–Crippen MR) is 156 cm³/mol. The van der Waals surface area contributed by atoms with E-state index in [0.29, 0.717) is 18.7 Å². The van der Waals surface area contributed by atoms with Gasteiger partial charge in [0.05, 0.1) is 10.6 Å². The highest BCUT2D eigenvalue weighted by Gasteiger charge is 2.33. The molecule has 208 valence electrons. The molecule has 3 aromatic rings. The van der Waals surface area contributed by atoms with E-state index in [-0.39, 0.29) is 17.3 Å². The van der Waals surface area contributed by atoms with Gasteiger partial charge in [-0.15, -0.1) is 0 Å². The molecule has 3 aromatic carbocycles. The van der Waals surface area contributed by atoms with Gasteiger partial charge in [0.2, 0.25) is 11.8 Å². The molecule has 0 aromatic heterocycles. The zero-order valence-corrected chi connectivity index (χ0v) is 24.1. The van der Waals surface area contributed by atoms with Crippen LogP contribution in [0.15, 0.2) is 83.8 Å². The Labute approximate surface area is 232 Å². The van der Waals surface area contributed by atoms with E-state index in [1.165, 1.54) is 17.0 Å². The van der Waals surface area contributed by atoms with E-state index in [1.807, 2.05) is 64.1 Å². The van der Waals surface area contributed by atoms with E-state index in [2.05, 4.69) is 5.32 Å². The normalized spacial score (nSPS) is 12.0. The predicted octanol–water partition coefficient (Wildman–Crippen LogP) is 5.09. The largest absolute Gasteiger partial charge is 0.354 e. The summed E-state index contributed by atoms with van der Waals surface area (Å²) in [5, 5.41) is 2.90. The average Bonchev–Trinajstić information content (AvgIpc) is 2.96. The molecule has 3 rings (SSSR count). The first-order chi connectivity index (χ1) is 18.7.